The fraction of sp³-hybridized carbons (Fsp3) is 0.379. The molecule has 0 fully saturated rings. The summed E-state index contributed by atoms with van der Waals surface area (Å²) in [5, 5.41) is 0. The van der Waals surface area contributed by atoms with Crippen LogP contribution in [0.3, 0.4) is 0 Å². The predicted octanol–water partition coefficient (Wildman–Crippen LogP) is 4.25. The minimum atomic E-state index is -0.0721. The summed E-state index contributed by atoms with van der Waals surface area (Å²) < 4.78 is 21.9. The molecule has 0 bridgehead atoms. The van der Waals surface area contributed by atoms with Gasteiger partial charge in [0.25, 0.3) is 5.91 Å². The first kappa shape index (κ1) is 26.3. The molecule has 0 unspecified atom stereocenters. The number of pyridine rings is 1. The van der Waals surface area contributed by atoms with Gasteiger partial charge >= 0.3 is 0 Å². The number of benzene rings is 2. The number of fused-ring (bicyclic) bond motifs is 1. The normalized spacial score (nSPS) is 13.3. The molecule has 37 heavy (non-hydrogen) atoms. The van der Waals surface area contributed by atoms with Crippen molar-refractivity contribution >= 4 is 11.6 Å². The van der Waals surface area contributed by atoms with Crippen LogP contribution in [0.15, 0.2) is 54.9 Å². The zero-order chi connectivity index (χ0) is 26.2. The van der Waals surface area contributed by atoms with Gasteiger partial charge in [0, 0.05) is 49.3 Å². The van der Waals surface area contributed by atoms with Gasteiger partial charge in [0.2, 0.25) is 0 Å². The number of carbonyl (C=O) groups excluding carboxylic acids is 1. The third-order valence-corrected chi connectivity index (χ3v) is 6.81. The predicted molar refractivity (Wildman–Crippen MR) is 143 cm³/mol. The highest BCUT2D eigenvalue weighted by Crippen LogP contribution is 2.33. The molecule has 0 spiro atoms. The van der Waals surface area contributed by atoms with E-state index in [1.807, 2.05) is 18.2 Å². The number of nitrogens with zero attached hydrogens (tertiary/aromatic N) is 3. The minimum absolute atomic E-state index is 0.0721. The van der Waals surface area contributed by atoms with E-state index in [2.05, 4.69) is 22.0 Å². The van der Waals surface area contributed by atoms with Crippen LogP contribution in [0.5, 0.6) is 23.0 Å². The molecule has 8 nitrogen and oxygen atoms in total. The van der Waals surface area contributed by atoms with Gasteiger partial charge in [-0.2, -0.15) is 0 Å². The SMILES string of the molecule is COc1ccc(N(CCCN2CCc3cc(OC)c(OC)cc3CC2)C(=O)c2ccncc2)cc1OC. The maximum absolute atomic E-state index is 13.5. The van der Waals surface area contributed by atoms with Crippen LogP contribution in [0.25, 0.3) is 0 Å². The Kier molecular flexibility index (Phi) is 8.85. The zero-order valence-electron chi connectivity index (χ0n) is 22.0. The molecular formula is C29H35N3O5. The molecule has 1 aliphatic heterocycles. The Hall–Kier alpha value is -3.78. The van der Waals surface area contributed by atoms with Crippen molar-refractivity contribution in [1.82, 2.24) is 9.88 Å². The van der Waals surface area contributed by atoms with Crippen LogP contribution < -0.4 is 23.8 Å². The van der Waals surface area contributed by atoms with Crippen LogP contribution in [0.4, 0.5) is 5.69 Å². The van der Waals surface area contributed by atoms with E-state index in [4.69, 9.17) is 18.9 Å². The topological polar surface area (TPSA) is 73.4 Å². The van der Waals surface area contributed by atoms with Gasteiger partial charge in [-0.1, -0.05) is 0 Å². The monoisotopic (exact) mass is 505 g/mol. The van der Waals surface area contributed by atoms with E-state index >= 15 is 0 Å². The molecule has 0 aliphatic carbocycles. The van der Waals surface area contributed by atoms with Gasteiger partial charge in [0.1, 0.15) is 0 Å². The van der Waals surface area contributed by atoms with Crippen molar-refractivity contribution in [2.24, 2.45) is 0 Å². The maximum atomic E-state index is 13.5. The quantitative estimate of drug-likeness (QED) is 0.408. The number of ether oxygens (including phenoxy) is 4. The van der Waals surface area contributed by atoms with E-state index in [1.165, 1.54) is 11.1 Å². The summed E-state index contributed by atoms with van der Waals surface area (Å²) in [5.74, 6) is 2.69. The van der Waals surface area contributed by atoms with E-state index in [0.29, 0.717) is 23.6 Å². The molecule has 1 amide bonds. The van der Waals surface area contributed by atoms with E-state index in [0.717, 1.165) is 56.1 Å². The Morgan fingerprint density at radius 1 is 0.811 bits per heavy atom. The van der Waals surface area contributed by atoms with Crippen molar-refractivity contribution in [2.75, 3.05) is 59.5 Å². The lowest BCUT2D eigenvalue weighted by Gasteiger charge is -2.26. The lowest BCUT2D eigenvalue weighted by molar-refractivity contribution is 0.0985. The molecule has 4 rings (SSSR count). The number of hydrogen-bond donors (Lipinski definition) is 0. The van der Waals surface area contributed by atoms with Crippen molar-refractivity contribution in [3.8, 4) is 23.0 Å². The van der Waals surface area contributed by atoms with Gasteiger partial charge in [0.05, 0.1) is 28.4 Å². The minimum Gasteiger partial charge on any atom is -0.493 e. The molecule has 1 aliphatic rings. The Bertz CT molecular complexity index is 1170. The molecule has 8 heteroatoms. The molecule has 2 heterocycles. The third-order valence-electron chi connectivity index (χ3n) is 6.81. The van der Waals surface area contributed by atoms with Gasteiger partial charge in [-0.3, -0.25) is 9.78 Å². The third kappa shape index (κ3) is 6.14. The number of aromatic nitrogens is 1. The van der Waals surface area contributed by atoms with Crippen molar-refractivity contribution in [3.63, 3.8) is 0 Å². The Morgan fingerprint density at radius 3 is 1.95 bits per heavy atom. The number of methoxy groups -OCH3 is 4. The molecular weight excluding hydrogens is 470 g/mol. The van der Waals surface area contributed by atoms with E-state index in [9.17, 15) is 4.79 Å². The molecule has 0 saturated carbocycles. The van der Waals surface area contributed by atoms with Gasteiger partial charge < -0.3 is 28.7 Å². The first-order valence-corrected chi connectivity index (χ1v) is 12.5. The molecule has 2 aromatic carbocycles. The smallest absolute Gasteiger partial charge is 0.258 e. The highest BCUT2D eigenvalue weighted by atomic mass is 16.5. The Morgan fingerprint density at radius 2 is 1.38 bits per heavy atom. The number of rotatable bonds is 10. The van der Waals surface area contributed by atoms with Crippen LogP contribution in [-0.4, -0.2) is 70.4 Å². The van der Waals surface area contributed by atoms with Crippen LogP contribution in [0.2, 0.25) is 0 Å². The van der Waals surface area contributed by atoms with Crippen molar-refractivity contribution in [3.05, 3.63) is 71.5 Å². The van der Waals surface area contributed by atoms with Gasteiger partial charge in [0.15, 0.2) is 23.0 Å². The summed E-state index contributed by atoms with van der Waals surface area (Å²) in [6, 6.07) is 13.3. The molecule has 0 saturated heterocycles. The average molecular weight is 506 g/mol. The molecule has 1 aromatic heterocycles. The first-order valence-electron chi connectivity index (χ1n) is 12.5. The largest absolute Gasteiger partial charge is 0.493 e. The highest BCUT2D eigenvalue weighted by molar-refractivity contribution is 6.06. The van der Waals surface area contributed by atoms with Gasteiger partial charge in [-0.05, 0) is 73.3 Å². The van der Waals surface area contributed by atoms with Gasteiger partial charge in [-0.15, -0.1) is 0 Å². The Balaban J connectivity index is 1.46. The van der Waals surface area contributed by atoms with Crippen molar-refractivity contribution < 1.29 is 23.7 Å². The van der Waals surface area contributed by atoms with Crippen LogP contribution in [0.1, 0.15) is 27.9 Å². The van der Waals surface area contributed by atoms with E-state index < -0.39 is 0 Å². The maximum Gasteiger partial charge on any atom is 0.258 e. The Labute approximate surface area is 218 Å². The van der Waals surface area contributed by atoms with Crippen molar-refractivity contribution in [1.29, 1.82) is 0 Å². The fourth-order valence-electron chi connectivity index (χ4n) is 4.76. The lowest BCUT2D eigenvalue weighted by atomic mass is 10.0. The van der Waals surface area contributed by atoms with E-state index in [-0.39, 0.29) is 5.91 Å². The van der Waals surface area contributed by atoms with Gasteiger partial charge in [-0.25, -0.2) is 0 Å². The molecule has 0 N–H and O–H groups in total. The fourth-order valence-corrected chi connectivity index (χ4v) is 4.76. The standard InChI is InChI=1S/C29H35N3O5/c1-34-25-7-6-24(20-28(25)37-4)32(29(33)21-8-12-30-13-9-21)15-5-14-31-16-10-22-18-26(35-2)27(36-3)19-23(22)11-17-31/h6-9,12-13,18-20H,5,10-11,14-17H2,1-4H3. The number of hydrogen-bond acceptors (Lipinski definition) is 7. The molecule has 0 atom stereocenters. The molecule has 0 radical (unpaired) electrons. The number of anilines is 1. The van der Waals surface area contributed by atoms with Crippen LogP contribution in [-0.2, 0) is 12.8 Å². The number of amides is 1. The summed E-state index contributed by atoms with van der Waals surface area (Å²) in [7, 11) is 6.54. The second-order valence-corrected chi connectivity index (χ2v) is 8.90. The zero-order valence-corrected chi connectivity index (χ0v) is 22.0. The van der Waals surface area contributed by atoms with Crippen LogP contribution >= 0.6 is 0 Å². The summed E-state index contributed by atoms with van der Waals surface area (Å²) in [6.07, 6.45) is 6.00. The molecule has 196 valence electrons. The first-order chi connectivity index (χ1) is 18.1. The number of carbonyl (C=O) groups is 1. The second kappa shape index (κ2) is 12.5. The summed E-state index contributed by atoms with van der Waals surface area (Å²) in [6.45, 7) is 3.37. The summed E-state index contributed by atoms with van der Waals surface area (Å²) in [4.78, 5) is 21.8. The van der Waals surface area contributed by atoms with E-state index in [1.54, 1.807) is 57.9 Å². The van der Waals surface area contributed by atoms with Crippen molar-refractivity contribution in [2.45, 2.75) is 19.3 Å². The summed E-state index contributed by atoms with van der Waals surface area (Å²) >= 11 is 0. The molecule has 3 aromatic rings. The average Bonchev–Trinajstić information content (AvgIpc) is 3.15. The second-order valence-electron chi connectivity index (χ2n) is 8.90. The summed E-state index contributed by atoms with van der Waals surface area (Å²) in [5.41, 5.74) is 3.97. The van der Waals surface area contributed by atoms with Crippen LogP contribution in [0, 0.1) is 0 Å². The highest BCUT2D eigenvalue weighted by Gasteiger charge is 2.21. The lowest BCUT2D eigenvalue weighted by Crippen LogP contribution is -2.35.